The quantitative estimate of drug-likeness (QED) is 0.871. The summed E-state index contributed by atoms with van der Waals surface area (Å²) in [6.07, 6.45) is 3.14. The van der Waals surface area contributed by atoms with Gasteiger partial charge < -0.3 is 10.1 Å². The van der Waals surface area contributed by atoms with E-state index in [0.29, 0.717) is 11.9 Å². The Labute approximate surface area is 101 Å². The number of hydrogen-bond acceptors (Lipinski definition) is 4. The van der Waals surface area contributed by atoms with Gasteiger partial charge in [0.2, 0.25) is 5.88 Å². The highest BCUT2D eigenvalue weighted by molar-refractivity contribution is 8.00. The molecule has 16 heavy (non-hydrogen) atoms. The average Bonchev–Trinajstić information content (AvgIpc) is 2.73. The van der Waals surface area contributed by atoms with E-state index < -0.39 is 0 Å². The highest BCUT2D eigenvalue weighted by Gasteiger charge is 2.20. The maximum atomic E-state index is 5.03. The van der Waals surface area contributed by atoms with E-state index in [0.717, 1.165) is 11.8 Å². The Hall–Kier alpha value is -0.740. The molecule has 1 saturated heterocycles. The summed E-state index contributed by atoms with van der Waals surface area (Å²) in [5.74, 6) is 1.90. The molecule has 1 aliphatic rings. The predicted molar refractivity (Wildman–Crippen MR) is 68.0 cm³/mol. The fraction of sp³-hybridized carbons (Fsp3) is 0.583. The van der Waals surface area contributed by atoms with E-state index in [1.54, 1.807) is 7.11 Å². The van der Waals surface area contributed by atoms with Gasteiger partial charge in [-0.05, 0) is 12.0 Å². The first-order valence-electron chi connectivity index (χ1n) is 5.62. The summed E-state index contributed by atoms with van der Waals surface area (Å²) in [4.78, 5) is 4.19. The molecule has 4 heteroatoms. The number of methoxy groups -OCH3 is 1. The Morgan fingerprint density at radius 3 is 3.00 bits per heavy atom. The van der Waals surface area contributed by atoms with Crippen LogP contribution in [0.3, 0.4) is 0 Å². The van der Waals surface area contributed by atoms with Crippen LogP contribution in [0.25, 0.3) is 0 Å². The first kappa shape index (κ1) is 11.7. The fourth-order valence-corrected chi connectivity index (χ4v) is 3.04. The molecule has 0 bridgehead atoms. The number of nitrogens with one attached hydrogen (secondary N) is 1. The van der Waals surface area contributed by atoms with Gasteiger partial charge in [-0.1, -0.05) is 13.0 Å². The van der Waals surface area contributed by atoms with Crippen molar-refractivity contribution >= 4 is 11.8 Å². The Morgan fingerprint density at radius 1 is 1.56 bits per heavy atom. The molecule has 2 unspecified atom stereocenters. The van der Waals surface area contributed by atoms with Gasteiger partial charge in [0, 0.05) is 35.9 Å². The van der Waals surface area contributed by atoms with Crippen molar-refractivity contribution in [1.29, 1.82) is 0 Å². The van der Waals surface area contributed by atoms with Crippen LogP contribution in [0.1, 0.15) is 18.9 Å². The van der Waals surface area contributed by atoms with Gasteiger partial charge >= 0.3 is 0 Å². The smallest absolute Gasteiger partial charge is 0.212 e. The zero-order valence-corrected chi connectivity index (χ0v) is 10.6. The molecule has 0 spiro atoms. The van der Waals surface area contributed by atoms with Crippen molar-refractivity contribution in [3.63, 3.8) is 0 Å². The summed E-state index contributed by atoms with van der Waals surface area (Å²) >= 11 is 2.05. The summed E-state index contributed by atoms with van der Waals surface area (Å²) < 4.78 is 5.03. The summed E-state index contributed by atoms with van der Waals surface area (Å²) in [7, 11) is 1.64. The molecule has 1 aromatic rings. The highest BCUT2D eigenvalue weighted by atomic mass is 32.2. The highest BCUT2D eigenvalue weighted by Crippen LogP contribution is 2.26. The van der Waals surface area contributed by atoms with Gasteiger partial charge in [0.25, 0.3) is 0 Å². The molecule has 1 fully saturated rings. The van der Waals surface area contributed by atoms with Gasteiger partial charge in [-0.3, -0.25) is 0 Å². The van der Waals surface area contributed by atoms with Crippen molar-refractivity contribution < 1.29 is 4.74 Å². The standard InChI is InChI=1S/C12H18N2OS/c1-9-5-11(8-16-9)13-6-10-3-4-12(15-2)14-7-10/h3-4,7,9,11,13H,5-6,8H2,1-2H3. The molecule has 0 aromatic carbocycles. The van der Waals surface area contributed by atoms with Crippen LogP contribution in [-0.4, -0.2) is 29.1 Å². The van der Waals surface area contributed by atoms with Crippen LogP contribution in [0.5, 0.6) is 5.88 Å². The molecule has 2 rings (SSSR count). The lowest BCUT2D eigenvalue weighted by Crippen LogP contribution is -2.28. The van der Waals surface area contributed by atoms with Crippen molar-refractivity contribution in [3.05, 3.63) is 23.9 Å². The lowest BCUT2D eigenvalue weighted by Gasteiger charge is -2.11. The summed E-state index contributed by atoms with van der Waals surface area (Å²) in [5, 5.41) is 4.36. The molecule has 1 aromatic heterocycles. The number of aromatic nitrogens is 1. The van der Waals surface area contributed by atoms with E-state index in [1.165, 1.54) is 17.7 Å². The van der Waals surface area contributed by atoms with E-state index in [-0.39, 0.29) is 0 Å². The van der Waals surface area contributed by atoms with E-state index in [4.69, 9.17) is 4.74 Å². The van der Waals surface area contributed by atoms with Crippen molar-refractivity contribution in [2.24, 2.45) is 0 Å². The third-order valence-electron chi connectivity index (χ3n) is 2.80. The Kier molecular flexibility index (Phi) is 4.07. The number of ether oxygens (including phenoxy) is 1. The van der Waals surface area contributed by atoms with E-state index in [1.807, 2.05) is 24.0 Å². The normalized spacial score (nSPS) is 24.6. The molecule has 0 amide bonds. The van der Waals surface area contributed by atoms with Crippen LogP contribution in [0, 0.1) is 0 Å². The summed E-state index contributed by atoms with van der Waals surface area (Å²) in [5.41, 5.74) is 1.21. The second-order valence-corrected chi connectivity index (χ2v) is 5.64. The minimum Gasteiger partial charge on any atom is -0.481 e. The molecule has 1 N–H and O–H groups in total. The van der Waals surface area contributed by atoms with Gasteiger partial charge in [-0.15, -0.1) is 0 Å². The van der Waals surface area contributed by atoms with Crippen LogP contribution in [0.4, 0.5) is 0 Å². The number of rotatable bonds is 4. The molecule has 0 saturated carbocycles. The van der Waals surface area contributed by atoms with E-state index in [2.05, 4.69) is 23.3 Å². The van der Waals surface area contributed by atoms with Gasteiger partial charge in [0.05, 0.1) is 7.11 Å². The third kappa shape index (κ3) is 3.12. The number of nitrogens with zero attached hydrogens (tertiary/aromatic N) is 1. The largest absolute Gasteiger partial charge is 0.481 e. The lowest BCUT2D eigenvalue weighted by atomic mass is 10.2. The maximum Gasteiger partial charge on any atom is 0.212 e. The van der Waals surface area contributed by atoms with Crippen molar-refractivity contribution in [3.8, 4) is 5.88 Å². The second kappa shape index (κ2) is 5.55. The maximum absolute atomic E-state index is 5.03. The van der Waals surface area contributed by atoms with Crippen molar-refractivity contribution in [1.82, 2.24) is 10.3 Å². The molecule has 3 nitrogen and oxygen atoms in total. The number of pyridine rings is 1. The van der Waals surface area contributed by atoms with Gasteiger partial charge in [-0.25, -0.2) is 4.98 Å². The first-order valence-corrected chi connectivity index (χ1v) is 6.66. The van der Waals surface area contributed by atoms with Crippen molar-refractivity contribution in [2.45, 2.75) is 31.2 Å². The number of hydrogen-bond donors (Lipinski definition) is 1. The monoisotopic (exact) mass is 238 g/mol. The Morgan fingerprint density at radius 2 is 2.44 bits per heavy atom. The Bertz CT molecular complexity index is 328. The molecule has 2 atom stereocenters. The van der Waals surface area contributed by atoms with Gasteiger partial charge in [0.15, 0.2) is 0 Å². The second-order valence-electron chi connectivity index (χ2n) is 4.17. The fourth-order valence-electron chi connectivity index (χ4n) is 1.86. The molecular formula is C12H18N2OS. The zero-order chi connectivity index (χ0) is 11.4. The summed E-state index contributed by atoms with van der Waals surface area (Å²) in [6.45, 7) is 3.19. The van der Waals surface area contributed by atoms with Gasteiger partial charge in [0.1, 0.15) is 0 Å². The topological polar surface area (TPSA) is 34.1 Å². The Balaban J connectivity index is 1.80. The minimum absolute atomic E-state index is 0.655. The molecule has 2 heterocycles. The minimum atomic E-state index is 0.655. The first-order chi connectivity index (χ1) is 7.78. The average molecular weight is 238 g/mol. The van der Waals surface area contributed by atoms with Crippen molar-refractivity contribution in [2.75, 3.05) is 12.9 Å². The molecule has 1 aliphatic heterocycles. The van der Waals surface area contributed by atoms with Gasteiger partial charge in [-0.2, -0.15) is 11.8 Å². The lowest BCUT2D eigenvalue weighted by molar-refractivity contribution is 0.397. The molecular weight excluding hydrogens is 220 g/mol. The van der Waals surface area contributed by atoms with E-state index in [9.17, 15) is 0 Å². The molecule has 88 valence electrons. The molecule has 0 radical (unpaired) electrons. The predicted octanol–water partition coefficient (Wildman–Crippen LogP) is 2.07. The third-order valence-corrected chi connectivity index (χ3v) is 4.16. The van der Waals surface area contributed by atoms with Crippen LogP contribution < -0.4 is 10.1 Å². The number of thioether (sulfide) groups is 1. The zero-order valence-electron chi connectivity index (χ0n) is 9.77. The van der Waals surface area contributed by atoms with E-state index >= 15 is 0 Å². The van der Waals surface area contributed by atoms with Crippen LogP contribution in [0.15, 0.2) is 18.3 Å². The van der Waals surface area contributed by atoms with Crippen LogP contribution in [-0.2, 0) is 6.54 Å². The van der Waals surface area contributed by atoms with Crippen LogP contribution in [0.2, 0.25) is 0 Å². The summed E-state index contributed by atoms with van der Waals surface area (Å²) in [6, 6.07) is 4.62. The molecule has 0 aliphatic carbocycles. The SMILES string of the molecule is COc1ccc(CNC2CSC(C)C2)cn1. The van der Waals surface area contributed by atoms with Crippen LogP contribution >= 0.6 is 11.8 Å².